The zero-order chi connectivity index (χ0) is 16.4. The smallest absolute Gasteiger partial charge is 0.192 e. The van der Waals surface area contributed by atoms with Crippen LogP contribution in [0.4, 0.5) is 0 Å². The number of hydrogen-bond donors (Lipinski definition) is 0. The van der Waals surface area contributed by atoms with Crippen molar-refractivity contribution in [2.75, 3.05) is 0 Å². The summed E-state index contributed by atoms with van der Waals surface area (Å²) in [6.07, 6.45) is 8.99. The second-order valence-corrected chi connectivity index (χ2v) is 13.2. The summed E-state index contributed by atoms with van der Waals surface area (Å²) in [5.74, 6) is 2.67. The second-order valence-electron chi connectivity index (χ2n) is 8.47. The van der Waals surface area contributed by atoms with Gasteiger partial charge in [-0.1, -0.05) is 54.4 Å². The topological polar surface area (TPSA) is 9.23 Å². The number of hydrogen-bond acceptors (Lipinski definition) is 1. The van der Waals surface area contributed by atoms with Gasteiger partial charge in [0.2, 0.25) is 0 Å². The molecule has 0 N–H and O–H groups in total. The van der Waals surface area contributed by atoms with Gasteiger partial charge in [-0.3, -0.25) is 0 Å². The van der Waals surface area contributed by atoms with Gasteiger partial charge in [-0.25, -0.2) is 0 Å². The van der Waals surface area contributed by atoms with E-state index in [-0.39, 0.29) is 0 Å². The molecule has 1 nitrogen and oxygen atoms in total. The molecule has 0 aromatic rings. The molecule has 0 radical (unpaired) electrons. The highest BCUT2D eigenvalue weighted by atomic mass is 28.4. The van der Waals surface area contributed by atoms with Crippen molar-refractivity contribution < 1.29 is 4.43 Å². The molecule has 0 aliphatic heterocycles. The molecule has 130 valence electrons. The molecule has 0 amide bonds. The van der Waals surface area contributed by atoms with Crippen LogP contribution in [0.2, 0.25) is 18.1 Å². The fourth-order valence-corrected chi connectivity index (χ4v) is 8.77. The van der Waals surface area contributed by atoms with Gasteiger partial charge in [0, 0.05) is 6.10 Å². The fraction of sp³-hybridized carbons (Fsp3) is 1.00. The van der Waals surface area contributed by atoms with E-state index in [0.29, 0.717) is 11.5 Å². The van der Waals surface area contributed by atoms with Gasteiger partial charge in [0.15, 0.2) is 8.32 Å². The summed E-state index contributed by atoms with van der Waals surface area (Å²) in [6.45, 7) is 14.6. The van der Waals surface area contributed by atoms with E-state index in [1.807, 2.05) is 0 Å². The second kappa shape index (κ2) is 7.38. The summed E-state index contributed by atoms with van der Waals surface area (Å²) in [4.78, 5) is 0. The molecule has 3 unspecified atom stereocenters. The van der Waals surface area contributed by atoms with Crippen LogP contribution in [0.5, 0.6) is 0 Å². The standard InChI is InChI=1S/C20H40OSi/c1-7-16(5)17-13-14-18-19(12-11-15-20(17,18)6)21-22(8-2,9-3)10-4/h16-19H,7-15H2,1-6H3/t16-,17?,18?,19?,20-/m1/s1. The lowest BCUT2D eigenvalue weighted by Crippen LogP contribution is -2.48. The minimum absolute atomic E-state index is 0.563. The first-order valence-electron chi connectivity index (χ1n) is 10.1. The van der Waals surface area contributed by atoms with Gasteiger partial charge < -0.3 is 4.43 Å². The molecular formula is C20H40OSi. The third-order valence-electron chi connectivity index (χ3n) is 7.80. The first-order valence-corrected chi connectivity index (χ1v) is 12.7. The van der Waals surface area contributed by atoms with Crippen molar-refractivity contribution in [2.24, 2.45) is 23.2 Å². The van der Waals surface area contributed by atoms with Crippen molar-refractivity contribution in [1.29, 1.82) is 0 Å². The average Bonchev–Trinajstić information content (AvgIpc) is 2.90. The van der Waals surface area contributed by atoms with Gasteiger partial charge in [-0.15, -0.1) is 0 Å². The van der Waals surface area contributed by atoms with E-state index in [9.17, 15) is 0 Å². The molecule has 22 heavy (non-hydrogen) atoms. The van der Waals surface area contributed by atoms with E-state index in [2.05, 4.69) is 41.5 Å². The highest BCUT2D eigenvalue weighted by molar-refractivity contribution is 6.73. The van der Waals surface area contributed by atoms with Crippen molar-refractivity contribution >= 4 is 8.32 Å². The maximum Gasteiger partial charge on any atom is 0.192 e. The van der Waals surface area contributed by atoms with Gasteiger partial charge in [0.25, 0.3) is 0 Å². The largest absolute Gasteiger partial charge is 0.414 e. The highest BCUT2D eigenvalue weighted by Gasteiger charge is 2.53. The van der Waals surface area contributed by atoms with Gasteiger partial charge in [0.1, 0.15) is 0 Å². The zero-order valence-corrected chi connectivity index (χ0v) is 17.1. The quantitative estimate of drug-likeness (QED) is 0.477. The molecule has 0 aromatic carbocycles. The molecule has 2 saturated carbocycles. The Morgan fingerprint density at radius 2 is 1.68 bits per heavy atom. The average molecular weight is 325 g/mol. The lowest BCUT2D eigenvalue weighted by atomic mass is 9.61. The first-order chi connectivity index (χ1) is 10.5. The Kier molecular flexibility index (Phi) is 6.21. The zero-order valence-electron chi connectivity index (χ0n) is 16.1. The minimum Gasteiger partial charge on any atom is -0.414 e. The third kappa shape index (κ3) is 3.20. The molecule has 0 aromatic heterocycles. The maximum atomic E-state index is 7.01. The molecule has 0 heterocycles. The predicted octanol–water partition coefficient (Wildman–Crippen LogP) is 6.64. The summed E-state index contributed by atoms with van der Waals surface area (Å²) >= 11 is 0. The van der Waals surface area contributed by atoms with Crippen LogP contribution < -0.4 is 0 Å². The van der Waals surface area contributed by atoms with Crippen molar-refractivity contribution in [3.05, 3.63) is 0 Å². The Morgan fingerprint density at radius 1 is 1.05 bits per heavy atom. The van der Waals surface area contributed by atoms with Crippen LogP contribution in [0.15, 0.2) is 0 Å². The summed E-state index contributed by atoms with van der Waals surface area (Å²) in [5, 5.41) is 0. The Balaban J connectivity index is 2.16. The van der Waals surface area contributed by atoms with Crippen molar-refractivity contribution in [2.45, 2.75) is 104 Å². The molecule has 2 heteroatoms. The summed E-state index contributed by atoms with van der Waals surface area (Å²) in [5.41, 5.74) is 0.563. The van der Waals surface area contributed by atoms with E-state index in [4.69, 9.17) is 4.43 Å². The van der Waals surface area contributed by atoms with Crippen LogP contribution in [-0.2, 0) is 4.43 Å². The van der Waals surface area contributed by atoms with Crippen LogP contribution in [0.3, 0.4) is 0 Å². The third-order valence-corrected chi connectivity index (χ3v) is 12.5. The molecule has 2 fully saturated rings. The lowest BCUT2D eigenvalue weighted by Gasteiger charge is -2.48. The number of rotatable bonds is 7. The Hall–Kier alpha value is 0.177. The number of fused-ring (bicyclic) bond motifs is 1. The molecule has 0 saturated heterocycles. The van der Waals surface area contributed by atoms with Crippen LogP contribution in [-0.4, -0.2) is 14.4 Å². The Labute approximate surface area is 140 Å². The Morgan fingerprint density at radius 3 is 2.23 bits per heavy atom. The first kappa shape index (κ1) is 18.5. The van der Waals surface area contributed by atoms with Crippen LogP contribution in [0.25, 0.3) is 0 Å². The summed E-state index contributed by atoms with van der Waals surface area (Å²) in [7, 11) is -1.46. The Bertz CT molecular complexity index is 343. The van der Waals surface area contributed by atoms with Crippen molar-refractivity contribution in [1.82, 2.24) is 0 Å². The molecule has 5 atom stereocenters. The molecule has 2 rings (SSSR count). The van der Waals surface area contributed by atoms with Crippen LogP contribution in [0.1, 0.15) is 80.1 Å². The highest BCUT2D eigenvalue weighted by Crippen LogP contribution is 2.59. The molecule has 2 aliphatic carbocycles. The van der Waals surface area contributed by atoms with E-state index in [1.165, 1.54) is 56.7 Å². The van der Waals surface area contributed by atoms with E-state index < -0.39 is 8.32 Å². The maximum absolute atomic E-state index is 7.01. The molecule has 0 spiro atoms. The fourth-order valence-electron chi connectivity index (χ4n) is 5.84. The van der Waals surface area contributed by atoms with Gasteiger partial charge >= 0.3 is 0 Å². The normalized spacial score (nSPS) is 37.1. The van der Waals surface area contributed by atoms with Gasteiger partial charge in [0.05, 0.1) is 0 Å². The van der Waals surface area contributed by atoms with E-state index in [1.54, 1.807) is 0 Å². The van der Waals surface area contributed by atoms with E-state index >= 15 is 0 Å². The SMILES string of the molecule is CC[C@@H](C)C1CCC2C(O[Si](CC)(CC)CC)CCC[C@@]21C. The van der Waals surface area contributed by atoms with E-state index in [0.717, 1.165) is 17.8 Å². The van der Waals surface area contributed by atoms with Gasteiger partial charge in [-0.05, 0) is 67.0 Å². The van der Waals surface area contributed by atoms with Crippen LogP contribution >= 0.6 is 0 Å². The minimum atomic E-state index is -1.46. The molecular weight excluding hydrogens is 284 g/mol. The lowest BCUT2D eigenvalue weighted by molar-refractivity contribution is -0.0197. The summed E-state index contributed by atoms with van der Waals surface area (Å²) < 4.78 is 7.01. The van der Waals surface area contributed by atoms with Crippen molar-refractivity contribution in [3.63, 3.8) is 0 Å². The van der Waals surface area contributed by atoms with Crippen molar-refractivity contribution in [3.8, 4) is 0 Å². The van der Waals surface area contributed by atoms with Crippen LogP contribution in [0, 0.1) is 23.2 Å². The predicted molar refractivity (Wildman–Crippen MR) is 99.7 cm³/mol. The summed E-state index contributed by atoms with van der Waals surface area (Å²) in [6, 6.07) is 3.90. The van der Waals surface area contributed by atoms with Gasteiger partial charge in [-0.2, -0.15) is 0 Å². The monoisotopic (exact) mass is 324 g/mol. The molecule has 0 bridgehead atoms. The molecule has 2 aliphatic rings.